The molecule has 0 aromatic carbocycles. The van der Waals surface area contributed by atoms with Gasteiger partial charge < -0.3 is 20.1 Å². The third-order valence-corrected chi connectivity index (χ3v) is 3.59. The summed E-state index contributed by atoms with van der Waals surface area (Å²) in [6, 6.07) is 0.175. The van der Waals surface area contributed by atoms with Crippen LogP contribution in [0.15, 0.2) is 0 Å². The van der Waals surface area contributed by atoms with Gasteiger partial charge in [0.15, 0.2) is 0 Å². The first-order chi connectivity index (χ1) is 9.88. The van der Waals surface area contributed by atoms with Gasteiger partial charge in [-0.15, -0.1) is 0 Å². The van der Waals surface area contributed by atoms with Crippen molar-refractivity contribution >= 4 is 12.0 Å². The molecule has 122 valence electrons. The topological polar surface area (TPSA) is 78.9 Å². The Kier molecular flexibility index (Phi) is 7.50. The fourth-order valence-corrected chi connectivity index (χ4v) is 2.61. The number of hydrogen-bond donors (Lipinski definition) is 2. The summed E-state index contributed by atoms with van der Waals surface area (Å²) in [5.74, 6) is -0.278. The molecule has 0 bridgehead atoms. The average molecular weight is 300 g/mol. The number of nitrogens with zero attached hydrogens (tertiary/aromatic N) is 1. The monoisotopic (exact) mass is 300 g/mol. The quantitative estimate of drug-likeness (QED) is 0.754. The van der Waals surface area contributed by atoms with Crippen LogP contribution in [-0.2, 0) is 9.53 Å². The Morgan fingerprint density at radius 3 is 2.43 bits per heavy atom. The molecule has 1 heterocycles. The van der Waals surface area contributed by atoms with E-state index in [4.69, 9.17) is 9.84 Å². The van der Waals surface area contributed by atoms with Gasteiger partial charge in [-0.2, -0.15) is 0 Å². The van der Waals surface area contributed by atoms with Crippen LogP contribution in [0.1, 0.15) is 46.5 Å². The minimum Gasteiger partial charge on any atom is -0.481 e. The Labute approximate surface area is 126 Å². The summed E-state index contributed by atoms with van der Waals surface area (Å²) < 4.78 is 5.52. The number of rotatable bonds is 7. The van der Waals surface area contributed by atoms with E-state index in [0.717, 1.165) is 19.3 Å². The van der Waals surface area contributed by atoms with Crippen molar-refractivity contribution in [2.75, 3.05) is 19.7 Å². The molecule has 2 amide bonds. The highest BCUT2D eigenvalue weighted by atomic mass is 16.5. The minimum absolute atomic E-state index is 0.00728. The maximum Gasteiger partial charge on any atom is 0.317 e. The van der Waals surface area contributed by atoms with Crippen molar-refractivity contribution in [1.82, 2.24) is 10.2 Å². The second kappa shape index (κ2) is 8.87. The third kappa shape index (κ3) is 7.32. The zero-order valence-electron chi connectivity index (χ0n) is 13.3. The molecule has 1 saturated heterocycles. The van der Waals surface area contributed by atoms with Crippen LogP contribution in [0.3, 0.4) is 0 Å². The zero-order chi connectivity index (χ0) is 15.8. The molecule has 1 aliphatic heterocycles. The fourth-order valence-electron chi connectivity index (χ4n) is 2.61. The number of likely N-dealkylation sites (tertiary alicyclic amines) is 1. The second-order valence-corrected chi connectivity index (χ2v) is 6.18. The summed E-state index contributed by atoms with van der Waals surface area (Å²) in [5.41, 5.74) is 0. The van der Waals surface area contributed by atoms with E-state index in [2.05, 4.69) is 19.2 Å². The van der Waals surface area contributed by atoms with Crippen LogP contribution < -0.4 is 5.32 Å². The van der Waals surface area contributed by atoms with Crippen LogP contribution >= 0.6 is 0 Å². The van der Waals surface area contributed by atoms with Gasteiger partial charge in [0.05, 0.1) is 19.1 Å². The van der Waals surface area contributed by atoms with Crippen LogP contribution in [0.2, 0.25) is 0 Å². The summed E-state index contributed by atoms with van der Waals surface area (Å²) in [6.07, 6.45) is 2.62. The van der Waals surface area contributed by atoms with E-state index in [0.29, 0.717) is 19.0 Å². The number of carbonyl (C=O) groups excluding carboxylic acids is 1. The molecule has 1 rings (SSSR count). The number of hydrogen-bond acceptors (Lipinski definition) is 3. The van der Waals surface area contributed by atoms with Gasteiger partial charge in [-0.25, -0.2) is 4.79 Å². The maximum atomic E-state index is 12.1. The predicted octanol–water partition coefficient (Wildman–Crippen LogP) is 2.09. The summed E-state index contributed by atoms with van der Waals surface area (Å²) in [6.45, 7) is 7.89. The molecule has 0 aliphatic carbocycles. The fraction of sp³-hybridized carbons (Fsp3) is 0.867. The summed E-state index contributed by atoms with van der Waals surface area (Å²) in [4.78, 5) is 24.3. The van der Waals surface area contributed by atoms with Gasteiger partial charge in [0.1, 0.15) is 0 Å². The molecule has 1 atom stereocenters. The highest BCUT2D eigenvalue weighted by Gasteiger charge is 2.24. The summed E-state index contributed by atoms with van der Waals surface area (Å²) >= 11 is 0. The van der Waals surface area contributed by atoms with E-state index in [1.165, 1.54) is 0 Å². The number of carboxylic acid groups (broad SMARTS) is 1. The number of ether oxygens (including phenoxy) is 1. The largest absolute Gasteiger partial charge is 0.481 e. The Morgan fingerprint density at radius 1 is 1.29 bits per heavy atom. The highest BCUT2D eigenvalue weighted by Crippen LogP contribution is 2.14. The summed E-state index contributed by atoms with van der Waals surface area (Å²) in [5, 5.41) is 11.6. The number of amides is 2. The molecule has 6 nitrogen and oxygen atoms in total. The average Bonchev–Trinajstić information content (AvgIpc) is 2.37. The number of piperidine rings is 1. The van der Waals surface area contributed by atoms with E-state index < -0.39 is 5.97 Å². The van der Waals surface area contributed by atoms with Crippen molar-refractivity contribution in [2.45, 2.75) is 58.6 Å². The zero-order valence-corrected chi connectivity index (χ0v) is 13.3. The maximum absolute atomic E-state index is 12.1. The predicted molar refractivity (Wildman–Crippen MR) is 80.2 cm³/mol. The molecule has 0 aromatic rings. The van der Waals surface area contributed by atoms with Crippen LogP contribution in [0.5, 0.6) is 0 Å². The number of urea groups is 1. The minimum atomic E-state index is -0.842. The van der Waals surface area contributed by atoms with Crippen LogP contribution in [0.4, 0.5) is 4.79 Å². The van der Waals surface area contributed by atoms with Gasteiger partial charge in [0.2, 0.25) is 0 Å². The number of carbonyl (C=O) groups is 2. The van der Waals surface area contributed by atoms with Gasteiger partial charge in [0, 0.05) is 19.1 Å². The molecule has 1 aliphatic rings. The molecule has 0 radical (unpaired) electrons. The van der Waals surface area contributed by atoms with E-state index in [-0.39, 0.29) is 31.2 Å². The Bertz CT molecular complexity index is 339. The van der Waals surface area contributed by atoms with Crippen molar-refractivity contribution < 1.29 is 19.4 Å². The molecule has 0 aromatic heterocycles. The molecule has 21 heavy (non-hydrogen) atoms. The highest BCUT2D eigenvalue weighted by molar-refractivity contribution is 5.74. The molecule has 1 unspecified atom stereocenters. The van der Waals surface area contributed by atoms with Crippen molar-refractivity contribution in [2.24, 2.45) is 5.92 Å². The van der Waals surface area contributed by atoms with Gasteiger partial charge in [-0.3, -0.25) is 4.79 Å². The van der Waals surface area contributed by atoms with Crippen molar-refractivity contribution in [3.05, 3.63) is 0 Å². The van der Waals surface area contributed by atoms with Gasteiger partial charge in [0.25, 0.3) is 0 Å². The number of aliphatic carboxylic acids is 1. The second-order valence-electron chi connectivity index (χ2n) is 6.18. The molecular formula is C15H28N2O4. The molecule has 1 fully saturated rings. The Morgan fingerprint density at radius 2 is 1.90 bits per heavy atom. The Balaban J connectivity index is 2.22. The molecular weight excluding hydrogens is 272 g/mol. The lowest BCUT2D eigenvalue weighted by Gasteiger charge is -2.33. The number of carboxylic acids is 1. The van der Waals surface area contributed by atoms with Crippen LogP contribution in [0.25, 0.3) is 0 Å². The van der Waals surface area contributed by atoms with Gasteiger partial charge in [-0.05, 0) is 32.1 Å². The SMILES string of the molecule is CC(C)CC(C)NC(=O)N1CCC(OCCC(=O)O)CC1. The van der Waals surface area contributed by atoms with E-state index in [1.807, 2.05) is 11.8 Å². The molecule has 0 saturated carbocycles. The lowest BCUT2D eigenvalue weighted by atomic mass is 10.1. The van der Waals surface area contributed by atoms with Gasteiger partial charge >= 0.3 is 12.0 Å². The molecule has 2 N–H and O–H groups in total. The normalized spacial score (nSPS) is 17.8. The lowest BCUT2D eigenvalue weighted by Crippen LogP contribution is -2.48. The first-order valence-corrected chi connectivity index (χ1v) is 7.77. The van der Waals surface area contributed by atoms with E-state index >= 15 is 0 Å². The number of nitrogens with one attached hydrogen (secondary N) is 1. The first-order valence-electron chi connectivity index (χ1n) is 7.77. The van der Waals surface area contributed by atoms with Crippen LogP contribution in [0, 0.1) is 5.92 Å². The Hall–Kier alpha value is -1.30. The van der Waals surface area contributed by atoms with Crippen LogP contribution in [-0.4, -0.2) is 53.8 Å². The smallest absolute Gasteiger partial charge is 0.317 e. The molecule has 6 heteroatoms. The van der Waals surface area contributed by atoms with Gasteiger partial charge in [-0.1, -0.05) is 13.8 Å². The van der Waals surface area contributed by atoms with E-state index in [1.54, 1.807) is 0 Å². The third-order valence-electron chi connectivity index (χ3n) is 3.59. The lowest BCUT2D eigenvalue weighted by molar-refractivity contribution is -0.138. The molecule has 0 spiro atoms. The standard InChI is InChI=1S/C15H28N2O4/c1-11(2)10-12(3)16-15(20)17-7-4-13(5-8-17)21-9-6-14(18)19/h11-13H,4-10H2,1-3H3,(H,16,20)(H,18,19). The van der Waals surface area contributed by atoms with E-state index in [9.17, 15) is 9.59 Å². The van der Waals surface area contributed by atoms with Crippen molar-refractivity contribution in [3.8, 4) is 0 Å². The van der Waals surface area contributed by atoms with Crippen molar-refractivity contribution in [3.63, 3.8) is 0 Å². The van der Waals surface area contributed by atoms with Crippen molar-refractivity contribution in [1.29, 1.82) is 0 Å². The summed E-state index contributed by atoms with van der Waals surface area (Å²) in [7, 11) is 0. The first kappa shape index (κ1) is 17.8.